The molecule has 6 nitrogen and oxygen atoms in total. The first-order chi connectivity index (χ1) is 14.5. The highest BCUT2D eigenvalue weighted by atomic mass is 16.2. The van der Waals surface area contributed by atoms with E-state index < -0.39 is 0 Å². The summed E-state index contributed by atoms with van der Waals surface area (Å²) in [6, 6.07) is 7.34. The molecule has 2 N–H and O–H groups in total. The molecule has 1 aromatic carbocycles. The van der Waals surface area contributed by atoms with E-state index in [1.165, 1.54) is 6.42 Å². The standard InChI is InChI=1S/C24H33N3O3/c1-16-15-21(16)23(29)26-19-9-7-18(8-10-19)24(30)27-13-11-20(12-14-27)25-22(28)17-5-3-2-4-6-17/h7-10,16-17,20-21H,2-6,11-15H2,1H3,(H,25,28)(H,26,29). The third-order valence-corrected chi connectivity index (χ3v) is 6.95. The first kappa shape index (κ1) is 20.9. The van der Waals surface area contributed by atoms with Gasteiger partial charge >= 0.3 is 0 Å². The van der Waals surface area contributed by atoms with E-state index in [2.05, 4.69) is 17.6 Å². The number of nitrogens with zero attached hydrogens (tertiary/aromatic N) is 1. The predicted molar refractivity (Wildman–Crippen MR) is 116 cm³/mol. The number of likely N-dealkylation sites (tertiary alicyclic amines) is 1. The molecule has 162 valence electrons. The number of carbonyl (C=O) groups excluding carboxylic acids is 3. The van der Waals surface area contributed by atoms with Crippen molar-refractivity contribution in [2.45, 2.75) is 64.3 Å². The molecule has 0 radical (unpaired) electrons. The van der Waals surface area contributed by atoms with E-state index in [4.69, 9.17) is 0 Å². The molecule has 2 aliphatic carbocycles. The summed E-state index contributed by atoms with van der Waals surface area (Å²) in [6.45, 7) is 3.40. The number of hydrogen-bond acceptors (Lipinski definition) is 3. The van der Waals surface area contributed by atoms with Crippen molar-refractivity contribution in [1.29, 1.82) is 0 Å². The molecule has 1 saturated heterocycles. The molecule has 6 heteroatoms. The molecule has 1 heterocycles. The van der Waals surface area contributed by atoms with Gasteiger partial charge in [0.05, 0.1) is 0 Å². The summed E-state index contributed by atoms with van der Waals surface area (Å²) < 4.78 is 0. The summed E-state index contributed by atoms with van der Waals surface area (Å²) in [6.07, 6.45) is 8.16. The molecule has 3 aliphatic rings. The van der Waals surface area contributed by atoms with Crippen LogP contribution in [0.5, 0.6) is 0 Å². The highest BCUT2D eigenvalue weighted by molar-refractivity contribution is 5.97. The van der Waals surface area contributed by atoms with Crippen LogP contribution in [0, 0.1) is 17.8 Å². The predicted octanol–water partition coefficient (Wildman–Crippen LogP) is 3.58. The minimum absolute atomic E-state index is 0.0146. The fourth-order valence-corrected chi connectivity index (χ4v) is 4.71. The lowest BCUT2D eigenvalue weighted by atomic mass is 9.88. The monoisotopic (exact) mass is 411 g/mol. The Bertz CT molecular complexity index is 777. The second kappa shape index (κ2) is 9.19. The van der Waals surface area contributed by atoms with Gasteiger partial charge in [0.25, 0.3) is 5.91 Å². The minimum atomic E-state index is 0.0146. The van der Waals surface area contributed by atoms with Crippen LogP contribution in [-0.4, -0.2) is 41.8 Å². The molecule has 2 atom stereocenters. The first-order valence-corrected chi connectivity index (χ1v) is 11.5. The van der Waals surface area contributed by atoms with Crippen molar-refractivity contribution in [3.8, 4) is 0 Å². The zero-order valence-electron chi connectivity index (χ0n) is 17.9. The largest absolute Gasteiger partial charge is 0.353 e. The molecular weight excluding hydrogens is 378 g/mol. The average Bonchev–Trinajstić information content (AvgIpc) is 3.52. The molecule has 30 heavy (non-hydrogen) atoms. The Labute approximate surface area is 178 Å². The Balaban J connectivity index is 1.23. The Hall–Kier alpha value is -2.37. The summed E-state index contributed by atoms with van der Waals surface area (Å²) in [4.78, 5) is 39.2. The SMILES string of the molecule is CC1CC1C(=O)Nc1ccc(C(=O)N2CCC(NC(=O)C3CCCCC3)CC2)cc1. The molecule has 1 aromatic rings. The van der Waals surface area contributed by atoms with Crippen LogP contribution in [0.1, 0.15) is 68.6 Å². The van der Waals surface area contributed by atoms with E-state index >= 15 is 0 Å². The molecule has 0 bridgehead atoms. The van der Waals surface area contributed by atoms with Crippen LogP contribution in [0.25, 0.3) is 0 Å². The zero-order chi connectivity index (χ0) is 21.1. The van der Waals surface area contributed by atoms with Gasteiger partial charge in [0, 0.05) is 42.2 Å². The zero-order valence-corrected chi connectivity index (χ0v) is 17.9. The van der Waals surface area contributed by atoms with Crippen LogP contribution >= 0.6 is 0 Å². The van der Waals surface area contributed by atoms with Gasteiger partial charge in [-0.15, -0.1) is 0 Å². The van der Waals surface area contributed by atoms with E-state index in [1.807, 2.05) is 4.90 Å². The third-order valence-electron chi connectivity index (χ3n) is 6.95. The van der Waals surface area contributed by atoms with Gasteiger partial charge in [-0.2, -0.15) is 0 Å². The number of carbonyl (C=O) groups is 3. The minimum Gasteiger partial charge on any atom is -0.353 e. The van der Waals surface area contributed by atoms with Crippen molar-refractivity contribution >= 4 is 23.4 Å². The number of piperidine rings is 1. The molecule has 3 fully saturated rings. The quantitative estimate of drug-likeness (QED) is 0.777. The third kappa shape index (κ3) is 5.02. The van der Waals surface area contributed by atoms with Crippen LogP contribution in [-0.2, 0) is 9.59 Å². The van der Waals surface area contributed by atoms with E-state index in [0.29, 0.717) is 24.6 Å². The Morgan fingerprint density at radius 1 is 0.900 bits per heavy atom. The summed E-state index contributed by atoms with van der Waals surface area (Å²) in [7, 11) is 0. The van der Waals surface area contributed by atoms with Gasteiger partial charge in [-0.1, -0.05) is 26.2 Å². The smallest absolute Gasteiger partial charge is 0.253 e. The molecule has 4 rings (SSSR count). The van der Waals surface area contributed by atoms with Crippen LogP contribution in [0.2, 0.25) is 0 Å². The van der Waals surface area contributed by atoms with Crippen LogP contribution in [0.3, 0.4) is 0 Å². The van der Waals surface area contributed by atoms with Crippen molar-refractivity contribution < 1.29 is 14.4 Å². The Kier molecular flexibility index (Phi) is 6.40. The van der Waals surface area contributed by atoms with Crippen LogP contribution in [0.15, 0.2) is 24.3 Å². The van der Waals surface area contributed by atoms with Crippen LogP contribution < -0.4 is 10.6 Å². The summed E-state index contributed by atoms with van der Waals surface area (Å²) in [5.41, 5.74) is 1.37. The average molecular weight is 412 g/mol. The van der Waals surface area contributed by atoms with Gasteiger partial charge < -0.3 is 15.5 Å². The van der Waals surface area contributed by atoms with Gasteiger partial charge in [0.1, 0.15) is 0 Å². The number of amides is 3. The molecule has 3 amide bonds. The van der Waals surface area contributed by atoms with Gasteiger partial charge in [-0.3, -0.25) is 14.4 Å². The van der Waals surface area contributed by atoms with E-state index in [9.17, 15) is 14.4 Å². The maximum atomic E-state index is 12.8. The van der Waals surface area contributed by atoms with E-state index in [-0.39, 0.29) is 35.6 Å². The Morgan fingerprint density at radius 2 is 1.53 bits per heavy atom. The highest BCUT2D eigenvalue weighted by Gasteiger charge is 2.39. The number of rotatable bonds is 5. The summed E-state index contributed by atoms with van der Waals surface area (Å²) in [5.74, 6) is 1.07. The molecular formula is C24H33N3O3. The van der Waals surface area contributed by atoms with E-state index in [0.717, 1.165) is 50.6 Å². The Morgan fingerprint density at radius 3 is 2.13 bits per heavy atom. The van der Waals surface area contributed by atoms with Gasteiger partial charge in [-0.05, 0) is 62.3 Å². The van der Waals surface area contributed by atoms with Crippen molar-refractivity contribution in [3.05, 3.63) is 29.8 Å². The molecule has 0 spiro atoms. The molecule has 1 aliphatic heterocycles. The number of benzene rings is 1. The van der Waals surface area contributed by atoms with Crippen molar-refractivity contribution in [3.63, 3.8) is 0 Å². The number of nitrogens with one attached hydrogen (secondary N) is 2. The number of hydrogen-bond donors (Lipinski definition) is 2. The van der Waals surface area contributed by atoms with Gasteiger partial charge in [0.15, 0.2) is 0 Å². The lowest BCUT2D eigenvalue weighted by Crippen LogP contribution is -2.48. The summed E-state index contributed by atoms with van der Waals surface area (Å²) in [5, 5.41) is 6.14. The van der Waals surface area contributed by atoms with Crippen molar-refractivity contribution in [2.75, 3.05) is 18.4 Å². The molecule has 2 saturated carbocycles. The van der Waals surface area contributed by atoms with Crippen LogP contribution in [0.4, 0.5) is 5.69 Å². The second-order valence-corrected chi connectivity index (χ2v) is 9.30. The second-order valence-electron chi connectivity index (χ2n) is 9.30. The normalized spacial score (nSPS) is 24.9. The summed E-state index contributed by atoms with van der Waals surface area (Å²) >= 11 is 0. The maximum absolute atomic E-state index is 12.8. The fraction of sp³-hybridized carbons (Fsp3) is 0.625. The maximum Gasteiger partial charge on any atom is 0.253 e. The van der Waals surface area contributed by atoms with E-state index in [1.54, 1.807) is 24.3 Å². The number of anilines is 1. The van der Waals surface area contributed by atoms with Crippen molar-refractivity contribution in [2.24, 2.45) is 17.8 Å². The van der Waals surface area contributed by atoms with Gasteiger partial charge in [-0.25, -0.2) is 0 Å². The fourth-order valence-electron chi connectivity index (χ4n) is 4.71. The highest BCUT2D eigenvalue weighted by Crippen LogP contribution is 2.38. The lowest BCUT2D eigenvalue weighted by molar-refractivity contribution is -0.127. The lowest BCUT2D eigenvalue weighted by Gasteiger charge is -2.33. The topological polar surface area (TPSA) is 78.5 Å². The molecule has 0 aromatic heterocycles. The molecule has 2 unspecified atom stereocenters. The van der Waals surface area contributed by atoms with Crippen molar-refractivity contribution in [1.82, 2.24) is 10.2 Å². The first-order valence-electron chi connectivity index (χ1n) is 11.5. The van der Waals surface area contributed by atoms with Gasteiger partial charge in [0.2, 0.25) is 11.8 Å².